The van der Waals surface area contributed by atoms with Crippen LogP contribution in [0.15, 0.2) is 23.7 Å². The molecule has 2 N–H and O–H groups in total. The quantitative estimate of drug-likeness (QED) is 0.477. The van der Waals surface area contributed by atoms with Gasteiger partial charge in [0.1, 0.15) is 0 Å². The van der Waals surface area contributed by atoms with Crippen LogP contribution in [0.25, 0.3) is 0 Å². The molecule has 0 aliphatic heterocycles. The number of imidazole rings is 1. The normalized spacial score (nSPS) is 23.0. The number of guanidine groups is 1. The predicted molar refractivity (Wildman–Crippen MR) is 86.3 cm³/mol. The van der Waals surface area contributed by atoms with Crippen molar-refractivity contribution in [2.24, 2.45) is 4.99 Å². The van der Waals surface area contributed by atoms with Gasteiger partial charge in [0.25, 0.3) is 0 Å². The van der Waals surface area contributed by atoms with Crippen LogP contribution < -0.4 is 10.6 Å². The molecule has 1 aromatic rings. The first-order valence-electron chi connectivity index (χ1n) is 7.27. The van der Waals surface area contributed by atoms with Crippen molar-refractivity contribution in [3.05, 3.63) is 18.7 Å². The molecule has 1 aliphatic carbocycles. The van der Waals surface area contributed by atoms with E-state index in [0.717, 1.165) is 30.7 Å². The van der Waals surface area contributed by atoms with E-state index in [4.69, 9.17) is 0 Å². The molecule has 2 unspecified atom stereocenters. The van der Waals surface area contributed by atoms with Gasteiger partial charge in [-0.3, -0.25) is 4.99 Å². The van der Waals surface area contributed by atoms with Crippen molar-refractivity contribution in [1.29, 1.82) is 0 Å². The number of hydrogen-bond donors (Lipinski definition) is 2. The van der Waals surface area contributed by atoms with Crippen molar-refractivity contribution in [1.82, 2.24) is 20.2 Å². The average Bonchev–Trinajstić information content (AvgIpc) is 3.13. The first-order valence-corrected chi connectivity index (χ1v) is 8.56. The van der Waals surface area contributed by atoms with Gasteiger partial charge in [0.05, 0.1) is 6.33 Å². The molecule has 6 heteroatoms. The van der Waals surface area contributed by atoms with Crippen LogP contribution >= 0.6 is 11.8 Å². The van der Waals surface area contributed by atoms with Crippen LogP contribution in [0.5, 0.6) is 0 Å². The van der Waals surface area contributed by atoms with E-state index in [0.29, 0.717) is 6.04 Å². The molecule has 0 radical (unpaired) electrons. The maximum absolute atomic E-state index is 4.31. The summed E-state index contributed by atoms with van der Waals surface area (Å²) < 4.78 is 2.10. The summed E-state index contributed by atoms with van der Waals surface area (Å²) >= 11 is 1.98. The smallest absolute Gasteiger partial charge is 0.191 e. The standard InChI is InChI=1S/C14H25N5S/c1-15-14(18-12-4-5-13(10-12)20-2)17-6-3-8-19-9-7-16-11-19/h7,9,11-13H,3-6,8,10H2,1-2H3,(H2,15,17,18). The molecule has 2 rings (SSSR count). The molecule has 1 saturated carbocycles. The van der Waals surface area contributed by atoms with Crippen LogP contribution in [-0.2, 0) is 6.54 Å². The van der Waals surface area contributed by atoms with Crippen LogP contribution in [0.3, 0.4) is 0 Å². The molecule has 0 spiro atoms. The van der Waals surface area contributed by atoms with Crippen molar-refractivity contribution in [3.8, 4) is 0 Å². The molecule has 0 amide bonds. The second kappa shape index (κ2) is 8.19. The molecule has 20 heavy (non-hydrogen) atoms. The van der Waals surface area contributed by atoms with E-state index in [2.05, 4.69) is 31.4 Å². The fraction of sp³-hybridized carbons (Fsp3) is 0.714. The zero-order valence-corrected chi connectivity index (χ0v) is 13.2. The monoisotopic (exact) mass is 295 g/mol. The lowest BCUT2D eigenvalue weighted by Gasteiger charge is -2.17. The summed E-state index contributed by atoms with van der Waals surface area (Å²) in [7, 11) is 1.84. The van der Waals surface area contributed by atoms with Crippen LogP contribution in [0, 0.1) is 0 Å². The molecule has 5 nitrogen and oxygen atoms in total. The van der Waals surface area contributed by atoms with Gasteiger partial charge < -0.3 is 15.2 Å². The number of nitrogens with zero attached hydrogens (tertiary/aromatic N) is 3. The second-order valence-electron chi connectivity index (χ2n) is 5.17. The highest BCUT2D eigenvalue weighted by molar-refractivity contribution is 7.99. The summed E-state index contributed by atoms with van der Waals surface area (Å²) in [6.07, 6.45) is 12.7. The fourth-order valence-corrected chi connectivity index (χ4v) is 3.36. The van der Waals surface area contributed by atoms with Gasteiger partial charge in [-0.05, 0) is 31.9 Å². The molecule has 0 bridgehead atoms. The van der Waals surface area contributed by atoms with Crippen LogP contribution in [0.1, 0.15) is 25.7 Å². The maximum atomic E-state index is 4.31. The summed E-state index contributed by atoms with van der Waals surface area (Å²) in [5.74, 6) is 0.933. The molecular formula is C14H25N5S. The summed E-state index contributed by atoms with van der Waals surface area (Å²) in [5, 5.41) is 7.73. The highest BCUT2D eigenvalue weighted by Gasteiger charge is 2.24. The fourth-order valence-electron chi connectivity index (χ4n) is 2.56. The zero-order chi connectivity index (χ0) is 14.2. The van der Waals surface area contributed by atoms with Crippen molar-refractivity contribution in [2.45, 2.75) is 43.5 Å². The molecule has 1 fully saturated rings. The highest BCUT2D eigenvalue weighted by atomic mass is 32.2. The lowest BCUT2D eigenvalue weighted by molar-refractivity contribution is 0.595. The number of aliphatic imine (C=N–C) groups is 1. The van der Waals surface area contributed by atoms with Crippen LogP contribution in [0.2, 0.25) is 0 Å². The second-order valence-corrected chi connectivity index (χ2v) is 6.30. The third kappa shape index (κ3) is 4.74. The van der Waals surface area contributed by atoms with E-state index in [-0.39, 0.29) is 0 Å². The van der Waals surface area contributed by atoms with Gasteiger partial charge in [0.2, 0.25) is 0 Å². The molecule has 1 heterocycles. The average molecular weight is 295 g/mol. The predicted octanol–water partition coefficient (Wildman–Crippen LogP) is 1.72. The van der Waals surface area contributed by atoms with Crippen LogP contribution in [0.4, 0.5) is 0 Å². The lowest BCUT2D eigenvalue weighted by Crippen LogP contribution is -2.43. The van der Waals surface area contributed by atoms with E-state index in [1.54, 1.807) is 0 Å². The minimum Gasteiger partial charge on any atom is -0.356 e. The summed E-state index contributed by atoms with van der Waals surface area (Å²) in [6, 6.07) is 0.576. The Bertz CT molecular complexity index is 404. The number of thioether (sulfide) groups is 1. The minimum atomic E-state index is 0.576. The Morgan fingerprint density at radius 2 is 2.40 bits per heavy atom. The Hall–Kier alpha value is -1.17. The Labute approximate surface area is 125 Å². The molecule has 0 saturated heterocycles. The lowest BCUT2D eigenvalue weighted by atomic mass is 10.2. The maximum Gasteiger partial charge on any atom is 0.191 e. The largest absolute Gasteiger partial charge is 0.356 e. The number of hydrogen-bond acceptors (Lipinski definition) is 3. The molecule has 112 valence electrons. The third-order valence-corrected chi connectivity index (χ3v) is 4.82. The Kier molecular flexibility index (Phi) is 6.24. The van der Waals surface area contributed by atoms with Gasteiger partial charge in [0, 0.05) is 43.8 Å². The Morgan fingerprint density at radius 1 is 1.50 bits per heavy atom. The topological polar surface area (TPSA) is 54.2 Å². The molecule has 1 aliphatic rings. The summed E-state index contributed by atoms with van der Waals surface area (Å²) in [5.41, 5.74) is 0. The van der Waals surface area contributed by atoms with E-state index >= 15 is 0 Å². The van der Waals surface area contributed by atoms with Crippen molar-refractivity contribution in [3.63, 3.8) is 0 Å². The van der Waals surface area contributed by atoms with Gasteiger partial charge in [-0.1, -0.05) is 0 Å². The summed E-state index contributed by atoms with van der Waals surface area (Å²) in [4.78, 5) is 8.35. The van der Waals surface area contributed by atoms with E-state index < -0.39 is 0 Å². The van der Waals surface area contributed by atoms with Crippen molar-refractivity contribution in [2.75, 3.05) is 19.8 Å². The summed E-state index contributed by atoms with van der Waals surface area (Å²) in [6.45, 7) is 1.92. The first kappa shape index (κ1) is 15.2. The number of aryl methyl sites for hydroxylation is 1. The Balaban J connectivity index is 1.63. The molecule has 1 aromatic heterocycles. The molecular weight excluding hydrogens is 270 g/mol. The number of aromatic nitrogens is 2. The van der Waals surface area contributed by atoms with Gasteiger partial charge in [0.15, 0.2) is 5.96 Å². The van der Waals surface area contributed by atoms with Gasteiger partial charge >= 0.3 is 0 Å². The zero-order valence-electron chi connectivity index (χ0n) is 12.4. The van der Waals surface area contributed by atoms with E-state index in [1.165, 1.54) is 19.3 Å². The van der Waals surface area contributed by atoms with E-state index in [1.807, 2.05) is 37.5 Å². The van der Waals surface area contributed by atoms with E-state index in [9.17, 15) is 0 Å². The van der Waals surface area contributed by atoms with Crippen molar-refractivity contribution >= 4 is 17.7 Å². The van der Waals surface area contributed by atoms with Crippen molar-refractivity contribution < 1.29 is 0 Å². The molecule has 2 atom stereocenters. The first-order chi connectivity index (χ1) is 9.81. The van der Waals surface area contributed by atoms with Gasteiger partial charge in [-0.25, -0.2) is 4.98 Å². The molecule has 0 aromatic carbocycles. The minimum absolute atomic E-state index is 0.576. The number of rotatable bonds is 6. The van der Waals surface area contributed by atoms with Gasteiger partial charge in [-0.15, -0.1) is 0 Å². The Morgan fingerprint density at radius 3 is 3.05 bits per heavy atom. The highest BCUT2D eigenvalue weighted by Crippen LogP contribution is 2.27. The van der Waals surface area contributed by atoms with Gasteiger partial charge in [-0.2, -0.15) is 11.8 Å². The van der Waals surface area contributed by atoms with Crippen LogP contribution in [-0.4, -0.2) is 46.7 Å². The number of nitrogens with one attached hydrogen (secondary N) is 2. The third-order valence-electron chi connectivity index (χ3n) is 3.73. The SMILES string of the molecule is CN=C(NCCCn1ccnc1)NC1CCC(SC)C1.